The Hall–Kier alpha value is -0.370. The quantitative estimate of drug-likeness (QED) is 0.549. The molecule has 0 saturated heterocycles. The lowest BCUT2D eigenvalue weighted by Gasteiger charge is -1.79. The number of rotatable bonds is 2. The lowest BCUT2D eigenvalue weighted by Crippen LogP contribution is -1.75. The first kappa shape index (κ1) is 10.6. The molecule has 2 nitrogen and oxygen atoms in total. The summed E-state index contributed by atoms with van der Waals surface area (Å²) in [6, 6.07) is 0. The molecule has 0 heterocycles. The van der Waals surface area contributed by atoms with E-state index in [0.29, 0.717) is 6.61 Å². The Kier molecular flexibility index (Phi) is 21.1. The van der Waals surface area contributed by atoms with Gasteiger partial charge in [0.2, 0.25) is 0 Å². The minimum absolute atomic E-state index is 0.344. The smallest absolute Gasteiger partial charge is 0.116 e. The van der Waals surface area contributed by atoms with E-state index in [9.17, 15) is 0 Å². The minimum atomic E-state index is 0.344. The molecule has 0 aromatic carbocycles. The van der Waals surface area contributed by atoms with Crippen LogP contribution in [-0.4, -0.2) is 18.0 Å². The maximum atomic E-state index is 8.81. The molecule has 0 aliphatic rings. The summed E-state index contributed by atoms with van der Waals surface area (Å²) in [4.78, 5) is 8.81. The van der Waals surface area contributed by atoms with Crippen LogP contribution >= 0.6 is 0 Å². The second-order valence-electron chi connectivity index (χ2n) is 1.31. The Bertz CT molecular complexity index is 33.5. The highest BCUT2D eigenvalue weighted by atomic mass is 16.2. The molecule has 1 N–H and O–H groups in total. The van der Waals surface area contributed by atoms with E-state index in [1.165, 1.54) is 6.92 Å². The van der Waals surface area contributed by atoms with Crippen molar-refractivity contribution in [2.45, 2.75) is 26.7 Å². The predicted molar refractivity (Wildman–Crippen MR) is 33.7 cm³/mol. The zero-order chi connectivity index (χ0) is 6.83. The summed E-state index contributed by atoms with van der Waals surface area (Å²) in [7, 11) is 0. The summed E-state index contributed by atoms with van der Waals surface area (Å²) >= 11 is 0. The fourth-order valence-corrected chi connectivity index (χ4v) is 0.158. The van der Waals surface area contributed by atoms with E-state index in [2.05, 4.69) is 6.92 Å². The van der Waals surface area contributed by atoms with Gasteiger partial charge in [-0.2, -0.15) is 0 Å². The highest BCUT2D eigenvalue weighted by molar-refractivity contribution is 5.44. The minimum Gasteiger partial charge on any atom is -0.396 e. The van der Waals surface area contributed by atoms with E-state index in [1.807, 2.05) is 0 Å². The molecule has 0 aromatic heterocycles. The molecule has 0 fully saturated rings. The summed E-state index contributed by atoms with van der Waals surface area (Å²) in [5.41, 5.74) is 0. The lowest BCUT2D eigenvalue weighted by atomic mass is 10.4. The van der Waals surface area contributed by atoms with Crippen molar-refractivity contribution in [1.29, 1.82) is 0 Å². The van der Waals surface area contributed by atoms with E-state index >= 15 is 0 Å². The van der Waals surface area contributed by atoms with Gasteiger partial charge in [-0.1, -0.05) is 13.3 Å². The highest BCUT2D eigenvalue weighted by Gasteiger charge is 1.69. The monoisotopic (exact) mass is 118 g/mol. The zero-order valence-electron chi connectivity index (χ0n) is 5.55. The van der Waals surface area contributed by atoms with Gasteiger partial charge in [0.05, 0.1) is 0 Å². The molecule has 0 amide bonds. The summed E-state index contributed by atoms with van der Waals surface area (Å²) in [5.74, 6) is 0. The van der Waals surface area contributed by atoms with Crippen molar-refractivity contribution in [2.24, 2.45) is 0 Å². The third-order valence-corrected chi connectivity index (χ3v) is 0.512. The van der Waals surface area contributed by atoms with E-state index in [0.717, 1.165) is 19.1 Å². The molecule has 0 aromatic rings. The summed E-state index contributed by atoms with van der Waals surface area (Å²) in [5, 5.41) is 8.07. The first-order chi connectivity index (χ1) is 3.83. The molecule has 0 radical (unpaired) electrons. The van der Waals surface area contributed by atoms with Crippen LogP contribution in [0, 0.1) is 0 Å². The van der Waals surface area contributed by atoms with Gasteiger partial charge in [0.1, 0.15) is 6.29 Å². The average Bonchev–Trinajstić information content (AvgIpc) is 1.71. The van der Waals surface area contributed by atoms with E-state index < -0.39 is 0 Å². The number of aliphatic hydroxyl groups is 1. The van der Waals surface area contributed by atoms with Gasteiger partial charge >= 0.3 is 0 Å². The molecule has 2 heteroatoms. The topological polar surface area (TPSA) is 37.3 Å². The second-order valence-corrected chi connectivity index (χ2v) is 1.31. The summed E-state index contributed by atoms with van der Waals surface area (Å²) < 4.78 is 0. The molecule has 0 spiro atoms. The van der Waals surface area contributed by atoms with Gasteiger partial charge in [-0.25, -0.2) is 0 Å². The first-order valence-corrected chi connectivity index (χ1v) is 2.84. The Morgan fingerprint density at radius 3 is 2.00 bits per heavy atom. The Labute approximate surface area is 50.5 Å². The van der Waals surface area contributed by atoms with Gasteiger partial charge in [0, 0.05) is 6.61 Å². The van der Waals surface area contributed by atoms with Crippen molar-refractivity contribution in [3.05, 3.63) is 0 Å². The van der Waals surface area contributed by atoms with Gasteiger partial charge in [-0.3, -0.25) is 0 Å². The van der Waals surface area contributed by atoms with Crippen molar-refractivity contribution in [3.63, 3.8) is 0 Å². The lowest BCUT2D eigenvalue weighted by molar-refractivity contribution is -0.106. The predicted octanol–water partition coefficient (Wildman–Crippen LogP) is 0.984. The van der Waals surface area contributed by atoms with Crippen LogP contribution in [0.15, 0.2) is 0 Å². The van der Waals surface area contributed by atoms with Crippen LogP contribution in [0.3, 0.4) is 0 Å². The van der Waals surface area contributed by atoms with Gasteiger partial charge in [-0.05, 0) is 13.3 Å². The summed E-state index contributed by atoms with van der Waals surface area (Å²) in [6.45, 7) is 3.84. The van der Waals surface area contributed by atoms with Crippen molar-refractivity contribution in [3.8, 4) is 0 Å². The van der Waals surface area contributed by atoms with Crippen molar-refractivity contribution in [1.82, 2.24) is 0 Å². The van der Waals surface area contributed by atoms with Crippen LogP contribution in [0.4, 0.5) is 0 Å². The number of unbranched alkanes of at least 4 members (excludes halogenated alkanes) is 1. The normalized spacial score (nSPS) is 6.88. The molecule has 0 atom stereocenters. The molecule has 50 valence electrons. The van der Waals surface area contributed by atoms with Crippen LogP contribution in [0.25, 0.3) is 0 Å². The molecule has 0 rings (SSSR count). The first-order valence-electron chi connectivity index (χ1n) is 2.84. The number of carbonyl (C=O) groups excluding carboxylic acids is 1. The standard InChI is InChI=1S/C4H10O.C2H4O/c1-2-3-4-5;1-2-3/h5H,2-4H2,1H3;2H,1H3. The molecular formula is C6H14O2. The fraction of sp³-hybridized carbons (Fsp3) is 0.833. The van der Waals surface area contributed by atoms with Crippen LogP contribution in [0.2, 0.25) is 0 Å². The van der Waals surface area contributed by atoms with E-state index in [-0.39, 0.29) is 0 Å². The molecule has 0 saturated carbocycles. The molecule has 0 aliphatic heterocycles. The van der Waals surface area contributed by atoms with Gasteiger partial charge in [0.25, 0.3) is 0 Å². The van der Waals surface area contributed by atoms with Gasteiger partial charge in [-0.15, -0.1) is 0 Å². The maximum absolute atomic E-state index is 8.81. The third kappa shape index (κ3) is 45.4. The number of aldehydes is 1. The Balaban J connectivity index is 0. The van der Waals surface area contributed by atoms with Crippen LogP contribution in [0.1, 0.15) is 26.7 Å². The molecule has 0 bridgehead atoms. The fourth-order valence-electron chi connectivity index (χ4n) is 0.158. The number of hydrogen-bond acceptors (Lipinski definition) is 2. The largest absolute Gasteiger partial charge is 0.396 e. The van der Waals surface area contributed by atoms with Crippen molar-refractivity contribution >= 4 is 6.29 Å². The van der Waals surface area contributed by atoms with Crippen molar-refractivity contribution < 1.29 is 9.90 Å². The molecular weight excluding hydrogens is 104 g/mol. The molecule has 0 unspecified atom stereocenters. The SMILES string of the molecule is CC=O.CCCCO. The highest BCUT2D eigenvalue weighted by Crippen LogP contribution is 1.78. The van der Waals surface area contributed by atoms with Crippen LogP contribution in [-0.2, 0) is 4.79 Å². The zero-order valence-corrected chi connectivity index (χ0v) is 5.55. The van der Waals surface area contributed by atoms with Gasteiger partial charge < -0.3 is 9.90 Å². The van der Waals surface area contributed by atoms with Crippen LogP contribution in [0.5, 0.6) is 0 Å². The molecule has 8 heavy (non-hydrogen) atoms. The van der Waals surface area contributed by atoms with E-state index in [4.69, 9.17) is 9.90 Å². The van der Waals surface area contributed by atoms with Gasteiger partial charge in [0.15, 0.2) is 0 Å². The third-order valence-electron chi connectivity index (χ3n) is 0.512. The Morgan fingerprint density at radius 1 is 1.62 bits per heavy atom. The average molecular weight is 118 g/mol. The second kappa shape index (κ2) is 15.9. The number of hydrogen-bond donors (Lipinski definition) is 1. The maximum Gasteiger partial charge on any atom is 0.116 e. The number of aliphatic hydroxyl groups excluding tert-OH is 1. The number of carbonyl (C=O) groups is 1. The van der Waals surface area contributed by atoms with Crippen LogP contribution < -0.4 is 0 Å². The summed E-state index contributed by atoms with van der Waals surface area (Å²) in [6.07, 6.45) is 2.79. The van der Waals surface area contributed by atoms with Crippen molar-refractivity contribution in [2.75, 3.05) is 6.61 Å². The molecule has 0 aliphatic carbocycles. The Morgan fingerprint density at radius 2 is 2.00 bits per heavy atom. The van der Waals surface area contributed by atoms with E-state index in [1.54, 1.807) is 0 Å².